The molecule has 1 heterocycles. The van der Waals surface area contributed by atoms with Crippen molar-refractivity contribution >= 4 is 17.6 Å². The molecule has 0 unspecified atom stereocenters. The second-order valence-electron chi connectivity index (χ2n) is 6.52. The van der Waals surface area contributed by atoms with Gasteiger partial charge in [0, 0.05) is 26.0 Å². The van der Waals surface area contributed by atoms with Crippen LogP contribution in [0.15, 0.2) is 48.7 Å². The zero-order valence-corrected chi connectivity index (χ0v) is 14.3. The maximum absolute atomic E-state index is 12.5. The highest BCUT2D eigenvalue weighted by molar-refractivity contribution is 5.97. The number of benzene rings is 1. The molecular weight excluding hydrogens is 318 g/mol. The van der Waals surface area contributed by atoms with E-state index in [2.05, 4.69) is 10.3 Å². The lowest BCUT2D eigenvalue weighted by Gasteiger charge is -2.14. The van der Waals surface area contributed by atoms with Crippen LogP contribution in [0.5, 0.6) is 0 Å². The number of hydrogen-bond donors (Lipinski definition) is 2. The molecule has 3 rings (SSSR count). The molecule has 1 aliphatic carbocycles. The van der Waals surface area contributed by atoms with Crippen molar-refractivity contribution in [3.8, 4) is 0 Å². The van der Waals surface area contributed by atoms with E-state index in [9.17, 15) is 14.7 Å². The minimum absolute atomic E-state index is 0.247. The Hall–Kier alpha value is -2.89. The number of amides is 1. The van der Waals surface area contributed by atoms with E-state index < -0.39 is 17.3 Å². The Bertz CT molecular complexity index is 792. The lowest BCUT2D eigenvalue weighted by Crippen LogP contribution is -2.32. The summed E-state index contributed by atoms with van der Waals surface area (Å²) in [4.78, 5) is 30.5. The molecule has 0 radical (unpaired) electrons. The fraction of sp³-hybridized carbons (Fsp3) is 0.316. The number of hydrogen-bond acceptors (Lipinski definition) is 4. The summed E-state index contributed by atoms with van der Waals surface area (Å²) in [5.74, 6) is -1.75. The third-order valence-electron chi connectivity index (χ3n) is 4.71. The summed E-state index contributed by atoms with van der Waals surface area (Å²) in [6, 6.07) is 12.7. The molecule has 0 aliphatic heterocycles. The number of carboxylic acid groups (broad SMARTS) is 1. The van der Waals surface area contributed by atoms with Gasteiger partial charge in [-0.2, -0.15) is 0 Å². The van der Waals surface area contributed by atoms with Crippen LogP contribution >= 0.6 is 0 Å². The Balaban J connectivity index is 1.69. The number of aromatic nitrogens is 1. The first-order valence-electron chi connectivity index (χ1n) is 8.14. The summed E-state index contributed by atoms with van der Waals surface area (Å²) in [6.07, 6.45) is 2.02. The number of pyridine rings is 1. The van der Waals surface area contributed by atoms with Crippen molar-refractivity contribution < 1.29 is 14.7 Å². The Kier molecular flexibility index (Phi) is 4.44. The number of carboxylic acids is 1. The molecule has 6 nitrogen and oxygen atoms in total. The van der Waals surface area contributed by atoms with Gasteiger partial charge in [0.15, 0.2) is 0 Å². The second-order valence-corrected chi connectivity index (χ2v) is 6.52. The molecule has 2 N–H and O–H groups in total. The highest BCUT2D eigenvalue weighted by atomic mass is 16.4. The maximum atomic E-state index is 12.5. The molecule has 6 heteroatoms. The maximum Gasteiger partial charge on any atom is 0.314 e. The van der Waals surface area contributed by atoms with Crippen molar-refractivity contribution in [3.63, 3.8) is 0 Å². The van der Waals surface area contributed by atoms with Gasteiger partial charge >= 0.3 is 5.97 Å². The fourth-order valence-electron chi connectivity index (χ4n) is 3.14. The summed E-state index contributed by atoms with van der Waals surface area (Å²) in [6.45, 7) is 0.279. The van der Waals surface area contributed by atoms with Gasteiger partial charge in [-0.05, 0) is 24.1 Å². The quantitative estimate of drug-likeness (QED) is 0.839. The first-order valence-corrected chi connectivity index (χ1v) is 8.14. The van der Waals surface area contributed by atoms with Crippen LogP contribution in [-0.4, -0.2) is 36.1 Å². The van der Waals surface area contributed by atoms with Crippen LogP contribution in [0.2, 0.25) is 0 Å². The molecule has 2 aromatic rings. The van der Waals surface area contributed by atoms with Gasteiger partial charge < -0.3 is 15.3 Å². The van der Waals surface area contributed by atoms with Crippen LogP contribution in [0, 0.1) is 5.92 Å². The molecule has 2 atom stereocenters. The molecule has 0 spiro atoms. The average molecular weight is 339 g/mol. The molecule has 0 bridgehead atoms. The number of carbonyl (C=O) groups excluding carboxylic acids is 1. The smallest absolute Gasteiger partial charge is 0.314 e. The lowest BCUT2D eigenvalue weighted by molar-refractivity contribution is -0.141. The Morgan fingerprint density at radius 1 is 1.28 bits per heavy atom. The standard InChI is InChI=1S/C19H21N3O3/c1-22(2)15-8-9-20-14(10-15)12-21-17(23)16-11-19(16,18(24)25)13-6-4-3-5-7-13/h3-10,16H,11-12H2,1-2H3,(H,21,23)(H,24,25)/t16-,19+/m0/s1. The predicted octanol–water partition coefficient (Wildman–Crippen LogP) is 1.81. The monoisotopic (exact) mass is 339 g/mol. The van der Waals surface area contributed by atoms with Gasteiger partial charge in [0.1, 0.15) is 5.41 Å². The van der Waals surface area contributed by atoms with Crippen LogP contribution < -0.4 is 10.2 Å². The van der Waals surface area contributed by atoms with Gasteiger partial charge in [-0.25, -0.2) is 0 Å². The van der Waals surface area contributed by atoms with Crippen LogP contribution in [0.4, 0.5) is 5.69 Å². The van der Waals surface area contributed by atoms with E-state index in [4.69, 9.17) is 0 Å². The Morgan fingerprint density at radius 2 is 2.00 bits per heavy atom. The normalized spacial score (nSPS) is 21.4. The van der Waals surface area contributed by atoms with E-state index in [1.54, 1.807) is 30.5 Å². The van der Waals surface area contributed by atoms with Crippen molar-refractivity contribution in [2.24, 2.45) is 5.92 Å². The molecule has 1 aromatic heterocycles. The zero-order chi connectivity index (χ0) is 18.0. The van der Waals surface area contributed by atoms with Gasteiger partial charge in [-0.3, -0.25) is 14.6 Å². The van der Waals surface area contributed by atoms with E-state index in [0.29, 0.717) is 12.0 Å². The van der Waals surface area contributed by atoms with Crippen molar-refractivity contribution in [1.82, 2.24) is 10.3 Å². The van der Waals surface area contributed by atoms with Gasteiger partial charge in [0.05, 0.1) is 18.2 Å². The Morgan fingerprint density at radius 3 is 2.64 bits per heavy atom. The molecule has 1 aliphatic rings. The van der Waals surface area contributed by atoms with Crippen LogP contribution in [0.3, 0.4) is 0 Å². The minimum Gasteiger partial charge on any atom is -0.481 e. The van der Waals surface area contributed by atoms with Crippen LogP contribution in [0.25, 0.3) is 0 Å². The van der Waals surface area contributed by atoms with E-state index in [0.717, 1.165) is 11.4 Å². The average Bonchev–Trinajstić information content (AvgIpc) is 3.38. The minimum atomic E-state index is -1.11. The number of nitrogens with zero attached hydrogens (tertiary/aromatic N) is 2. The molecule has 25 heavy (non-hydrogen) atoms. The van der Waals surface area contributed by atoms with Crippen molar-refractivity contribution in [1.29, 1.82) is 0 Å². The van der Waals surface area contributed by atoms with E-state index in [-0.39, 0.29) is 12.5 Å². The molecule has 130 valence electrons. The second kappa shape index (κ2) is 6.55. The SMILES string of the molecule is CN(C)c1ccnc(CNC(=O)[C@@H]2C[C@@]2(C(=O)O)c2ccccc2)c1. The highest BCUT2D eigenvalue weighted by Crippen LogP contribution is 2.54. The van der Waals surface area contributed by atoms with E-state index in [1.165, 1.54) is 0 Å². The summed E-state index contributed by atoms with van der Waals surface area (Å²) < 4.78 is 0. The van der Waals surface area contributed by atoms with E-state index >= 15 is 0 Å². The van der Waals surface area contributed by atoms with Crippen molar-refractivity contribution in [2.45, 2.75) is 18.4 Å². The van der Waals surface area contributed by atoms with Gasteiger partial charge in [0.2, 0.25) is 5.91 Å². The Labute approximate surface area is 146 Å². The molecule has 0 saturated heterocycles. The summed E-state index contributed by atoms with van der Waals surface area (Å²) >= 11 is 0. The number of anilines is 1. The van der Waals surface area contributed by atoms with Crippen LogP contribution in [0.1, 0.15) is 17.7 Å². The lowest BCUT2D eigenvalue weighted by atomic mass is 9.93. The summed E-state index contributed by atoms with van der Waals surface area (Å²) in [7, 11) is 3.87. The molecule has 1 saturated carbocycles. The number of rotatable bonds is 6. The fourth-order valence-corrected chi connectivity index (χ4v) is 3.14. The van der Waals surface area contributed by atoms with Crippen LogP contribution in [-0.2, 0) is 21.5 Å². The third-order valence-corrected chi connectivity index (χ3v) is 4.71. The van der Waals surface area contributed by atoms with Crippen molar-refractivity contribution in [3.05, 3.63) is 59.9 Å². The largest absolute Gasteiger partial charge is 0.481 e. The molecular formula is C19H21N3O3. The molecule has 1 aromatic carbocycles. The number of nitrogens with one attached hydrogen (secondary N) is 1. The van der Waals surface area contributed by atoms with Gasteiger partial charge in [0.25, 0.3) is 0 Å². The highest BCUT2D eigenvalue weighted by Gasteiger charge is 2.65. The first kappa shape index (κ1) is 17.0. The van der Waals surface area contributed by atoms with Gasteiger partial charge in [-0.15, -0.1) is 0 Å². The molecule has 1 fully saturated rings. The van der Waals surface area contributed by atoms with Gasteiger partial charge in [-0.1, -0.05) is 30.3 Å². The number of carbonyl (C=O) groups is 2. The molecule has 1 amide bonds. The predicted molar refractivity (Wildman–Crippen MR) is 94.3 cm³/mol. The first-order chi connectivity index (χ1) is 11.9. The summed E-state index contributed by atoms with van der Waals surface area (Å²) in [5.41, 5.74) is 1.30. The number of aliphatic carboxylic acids is 1. The summed E-state index contributed by atoms with van der Waals surface area (Å²) in [5, 5.41) is 12.5. The third kappa shape index (κ3) is 3.20. The van der Waals surface area contributed by atoms with E-state index in [1.807, 2.05) is 37.2 Å². The zero-order valence-electron chi connectivity index (χ0n) is 14.3. The van der Waals surface area contributed by atoms with Crippen molar-refractivity contribution in [2.75, 3.05) is 19.0 Å². The topological polar surface area (TPSA) is 82.5 Å².